The molecule has 7 amide bonds. The van der Waals surface area contributed by atoms with Crippen LogP contribution in [-0.4, -0.2) is 185 Å². The first-order valence-corrected chi connectivity index (χ1v) is 38.3. The number of aliphatic hydroxyl groups is 1. The number of aryl methyl sites for hydroxylation is 2. The largest absolute Gasteiger partial charge is 0.493 e. The van der Waals surface area contributed by atoms with E-state index >= 15 is 4.39 Å². The number of nitrogens with zero attached hydrogens (tertiary/aromatic N) is 10. The summed E-state index contributed by atoms with van der Waals surface area (Å²) < 4.78 is 48.9. The number of thiazole rings is 1. The minimum atomic E-state index is -1.11. The van der Waals surface area contributed by atoms with Crippen LogP contribution in [0.15, 0.2) is 120 Å². The molecule has 9 aromatic rings. The van der Waals surface area contributed by atoms with Gasteiger partial charge in [-0.15, -0.1) is 16.4 Å². The van der Waals surface area contributed by atoms with Gasteiger partial charge in [-0.3, -0.25) is 43.0 Å². The topological polar surface area (TPSA) is 352 Å². The standard InChI is InChI=1S/C79H91ClF2N16O12S/c1-48-71(111-47-87-48)51-23-20-49(21-24-51)41-84-76(105)65-38-54(99)43-98(65)78(107)72(79(2,3)4)90-69(101)18-14-29-97-42-53(91-94-97)44-109-45-64(89-68(100)17-8-7-13-34-110-67-39-58-62(40-66(67)108-5)85-46-86-73(58)88-52-25-26-59(80)61(82)37-52)75(104)83-28-12-6-9-19-70(102)95-30-32-96(33-31-95)77(106)57-35-50(22-27-60(57)81)36-63-55-15-10-11-16-56(55)74(103)93-92-63/h10-11,15-16,20-27,35,37,39-40,42,46-47,54,64-65,72,99H,6-9,12-14,17-19,28-34,36,38,41,43-45H2,1-5H3,(H,83,104)(H,84,105)(H,89,100)(H,90,101)(H,93,103)(H,85,86,88)/t54-,64?,65+,72-/m1/s1. The van der Waals surface area contributed by atoms with Crippen molar-refractivity contribution >= 4 is 97.5 Å². The normalized spacial score (nSPS) is 14.9. The number of aromatic amines is 1. The number of piperazine rings is 1. The maximum atomic E-state index is 15.2. The molecule has 586 valence electrons. The van der Waals surface area contributed by atoms with Crippen LogP contribution in [0, 0.1) is 24.0 Å². The number of nitrogens with one attached hydrogen (secondary N) is 6. The lowest BCUT2D eigenvalue weighted by molar-refractivity contribution is -0.144. The summed E-state index contributed by atoms with van der Waals surface area (Å²) in [6, 6.07) is 23.8. The quantitative estimate of drug-likeness (QED) is 0.0182. The number of methoxy groups -OCH3 is 1. The molecule has 4 aromatic heterocycles. The molecular formula is C79H91ClF2N16O12S. The summed E-state index contributed by atoms with van der Waals surface area (Å²) in [6.07, 6.45) is 6.22. The molecule has 6 heterocycles. The van der Waals surface area contributed by atoms with Crippen LogP contribution in [0.3, 0.4) is 0 Å². The molecule has 2 aliphatic rings. The van der Waals surface area contributed by atoms with E-state index in [0.29, 0.717) is 107 Å². The molecule has 4 atom stereocenters. The Hall–Kier alpha value is -10.9. The van der Waals surface area contributed by atoms with Gasteiger partial charge in [0.1, 0.15) is 47.6 Å². The Bertz CT molecular complexity index is 4860. The Morgan fingerprint density at radius 2 is 1.51 bits per heavy atom. The van der Waals surface area contributed by atoms with Crippen LogP contribution in [0.25, 0.3) is 32.1 Å². The van der Waals surface area contributed by atoms with Gasteiger partial charge in [-0.2, -0.15) is 5.10 Å². The second-order valence-corrected chi connectivity index (χ2v) is 29.9. The number of amides is 7. The number of carbonyl (C=O) groups is 7. The van der Waals surface area contributed by atoms with E-state index in [1.165, 1.54) is 52.2 Å². The molecule has 28 nitrogen and oxygen atoms in total. The lowest BCUT2D eigenvalue weighted by Gasteiger charge is -2.35. The molecule has 0 spiro atoms. The first-order valence-electron chi connectivity index (χ1n) is 37.0. The number of benzene rings is 5. The van der Waals surface area contributed by atoms with E-state index in [2.05, 4.69) is 62.0 Å². The number of carbonyl (C=O) groups excluding carboxylic acids is 7. The number of ether oxygens (including phenoxy) is 3. The van der Waals surface area contributed by atoms with Gasteiger partial charge in [0.05, 0.1) is 82.5 Å². The fourth-order valence-corrected chi connectivity index (χ4v) is 14.2. The van der Waals surface area contributed by atoms with Crippen molar-refractivity contribution in [3.05, 3.63) is 176 Å². The lowest BCUT2D eigenvalue weighted by atomic mass is 9.85. The second-order valence-electron chi connectivity index (χ2n) is 28.6. The van der Waals surface area contributed by atoms with Crippen molar-refractivity contribution in [1.82, 2.24) is 76.1 Å². The molecule has 1 unspecified atom stereocenters. The summed E-state index contributed by atoms with van der Waals surface area (Å²) >= 11 is 7.45. The van der Waals surface area contributed by atoms with Gasteiger partial charge < -0.3 is 60.6 Å². The van der Waals surface area contributed by atoms with Gasteiger partial charge in [-0.05, 0) is 110 Å². The van der Waals surface area contributed by atoms with Crippen molar-refractivity contribution in [2.45, 2.75) is 149 Å². The number of β-amino-alcohol motifs (C(OH)–C–C–N with tert-alkyl or cyclic N) is 1. The third kappa shape index (κ3) is 21.8. The van der Waals surface area contributed by atoms with Gasteiger partial charge >= 0.3 is 0 Å². The van der Waals surface area contributed by atoms with Gasteiger partial charge in [0.2, 0.25) is 35.4 Å². The highest BCUT2D eigenvalue weighted by molar-refractivity contribution is 7.13. The van der Waals surface area contributed by atoms with Gasteiger partial charge in [0.15, 0.2) is 11.5 Å². The van der Waals surface area contributed by atoms with E-state index in [0.717, 1.165) is 21.7 Å². The minimum absolute atomic E-state index is 0.0154. The molecule has 2 aliphatic heterocycles. The number of hydrogen-bond acceptors (Lipinski definition) is 20. The summed E-state index contributed by atoms with van der Waals surface area (Å²) in [5, 5.41) is 42.3. The molecule has 2 fully saturated rings. The van der Waals surface area contributed by atoms with Crippen molar-refractivity contribution in [3.8, 4) is 21.9 Å². The highest BCUT2D eigenvalue weighted by atomic mass is 35.5. The molecule has 11 rings (SSSR count). The van der Waals surface area contributed by atoms with Crippen LogP contribution >= 0.6 is 22.9 Å². The van der Waals surface area contributed by atoms with Gasteiger partial charge in [0.25, 0.3) is 11.5 Å². The van der Waals surface area contributed by atoms with Crippen LogP contribution in [-0.2, 0) is 59.6 Å². The number of aliphatic hydroxyl groups excluding tert-OH is 1. The second kappa shape index (κ2) is 38.2. The summed E-state index contributed by atoms with van der Waals surface area (Å²) in [7, 11) is 1.51. The number of fused-ring (bicyclic) bond motifs is 2. The molecule has 0 radical (unpaired) electrons. The Morgan fingerprint density at radius 1 is 0.775 bits per heavy atom. The maximum Gasteiger partial charge on any atom is 0.272 e. The Kier molecular flexibility index (Phi) is 27.9. The third-order valence-electron chi connectivity index (χ3n) is 19.4. The van der Waals surface area contributed by atoms with Crippen molar-refractivity contribution < 1.29 is 61.7 Å². The maximum absolute atomic E-state index is 15.2. The minimum Gasteiger partial charge on any atom is -0.493 e. The monoisotopic (exact) mass is 1560 g/mol. The summed E-state index contributed by atoms with van der Waals surface area (Å²) in [5.74, 6) is -2.77. The van der Waals surface area contributed by atoms with Crippen LogP contribution in [0.2, 0.25) is 5.02 Å². The molecule has 0 saturated carbocycles. The summed E-state index contributed by atoms with van der Waals surface area (Å²) in [6.45, 7) is 8.95. The Morgan fingerprint density at radius 3 is 2.27 bits per heavy atom. The van der Waals surface area contributed by atoms with Crippen LogP contribution in [0.1, 0.15) is 130 Å². The molecule has 7 N–H and O–H groups in total. The van der Waals surface area contributed by atoms with Gasteiger partial charge in [0, 0.05) is 107 Å². The average Bonchev–Trinajstić information content (AvgIpc) is 1.67. The van der Waals surface area contributed by atoms with Crippen LogP contribution in [0.4, 0.5) is 20.3 Å². The lowest BCUT2D eigenvalue weighted by Crippen LogP contribution is -2.57. The zero-order chi connectivity index (χ0) is 78.7. The number of likely N-dealkylation sites (tertiary alicyclic amines) is 1. The van der Waals surface area contributed by atoms with E-state index in [4.69, 9.17) is 25.8 Å². The van der Waals surface area contributed by atoms with Crippen molar-refractivity contribution in [3.63, 3.8) is 0 Å². The number of aromatic nitrogens is 8. The fourth-order valence-electron chi connectivity index (χ4n) is 13.3. The number of unbranched alkanes of at least 4 members (excludes halogenated alkanes) is 4. The molecule has 2 saturated heterocycles. The van der Waals surface area contributed by atoms with Crippen LogP contribution < -0.4 is 41.6 Å². The first-order chi connectivity index (χ1) is 53.5. The van der Waals surface area contributed by atoms with Crippen molar-refractivity contribution in [2.24, 2.45) is 5.41 Å². The molecule has 0 bridgehead atoms. The summed E-state index contributed by atoms with van der Waals surface area (Å²) in [4.78, 5) is 127. The zero-order valence-corrected chi connectivity index (χ0v) is 64.1. The molecule has 32 heteroatoms. The fraction of sp³-hybridized carbons (Fsp3) is 0.418. The molecular weight excluding hydrogens is 1470 g/mol. The number of H-pyrrole nitrogens is 1. The zero-order valence-electron chi connectivity index (χ0n) is 62.5. The predicted octanol–water partition coefficient (Wildman–Crippen LogP) is 9.06. The Balaban J connectivity index is 0.632. The molecule has 5 aromatic carbocycles. The van der Waals surface area contributed by atoms with Crippen LogP contribution in [0.5, 0.6) is 11.5 Å². The highest BCUT2D eigenvalue weighted by Gasteiger charge is 2.44. The Labute approximate surface area is 648 Å². The molecule has 111 heavy (non-hydrogen) atoms. The van der Waals surface area contributed by atoms with E-state index in [9.17, 15) is 47.9 Å². The summed E-state index contributed by atoms with van der Waals surface area (Å²) in [5.41, 5.74) is 6.01. The number of anilines is 2. The van der Waals surface area contributed by atoms with Gasteiger partial charge in [-0.25, -0.2) is 28.8 Å². The van der Waals surface area contributed by atoms with Crippen molar-refractivity contribution in [1.29, 1.82) is 0 Å². The number of hydrogen-bond donors (Lipinski definition) is 7. The van der Waals surface area contributed by atoms with Crippen molar-refractivity contribution in [2.75, 3.05) is 64.9 Å². The first kappa shape index (κ1) is 81.1. The van der Waals surface area contributed by atoms with E-state index in [1.807, 2.05) is 52.0 Å². The SMILES string of the molecule is COc1cc2ncnc(Nc3ccc(Cl)c(F)c3)c2cc1OCCCCCC(=O)NC(COCc1cn(CCCC(=O)N[C@H](C(=O)N2C[C@H](O)C[C@H]2C(=O)NCc2ccc(-c3scnc3C)cc2)C(C)(C)C)nn1)C(=O)NCCCCCC(=O)N1CCN(C(=O)c2cc(Cc3n[nH]c(=O)c4ccccc34)ccc2F)CC1. The third-order valence-corrected chi connectivity index (χ3v) is 20.7. The van der Waals surface area contributed by atoms with E-state index < -0.39 is 70.8 Å². The van der Waals surface area contributed by atoms with E-state index in [-0.39, 0.29) is 132 Å². The highest BCUT2D eigenvalue weighted by Crippen LogP contribution is 2.36. The number of rotatable bonds is 35. The van der Waals surface area contributed by atoms with E-state index in [1.54, 1.807) is 76.5 Å². The predicted molar refractivity (Wildman–Crippen MR) is 413 cm³/mol. The smallest absolute Gasteiger partial charge is 0.272 e. The molecule has 0 aliphatic carbocycles. The number of halogens is 3. The van der Waals surface area contributed by atoms with Gasteiger partial charge in [-0.1, -0.05) is 92.5 Å². The average molecular weight is 1560 g/mol.